The summed E-state index contributed by atoms with van der Waals surface area (Å²) in [6.45, 7) is 3.03. The molecule has 0 saturated carbocycles. The van der Waals surface area contributed by atoms with Crippen LogP contribution in [0.4, 0.5) is 18.9 Å². The molecule has 1 N–H and O–H groups in total. The van der Waals surface area contributed by atoms with Crippen LogP contribution in [0.2, 0.25) is 0 Å². The maximum absolute atomic E-state index is 12.6. The third kappa shape index (κ3) is 4.14. The van der Waals surface area contributed by atoms with Gasteiger partial charge < -0.3 is 10.2 Å². The SMILES string of the molecule is Cc1ccc(CN2CCC(Nc3ccc(S(=O)(=O)C(F)(F)F)cc3)C2=O)cc1. The van der Waals surface area contributed by atoms with E-state index >= 15 is 0 Å². The zero-order valence-corrected chi connectivity index (χ0v) is 15.8. The van der Waals surface area contributed by atoms with Crippen LogP contribution in [0.3, 0.4) is 0 Å². The second-order valence-electron chi connectivity index (χ2n) is 6.70. The Kier molecular flexibility index (Phi) is 5.38. The van der Waals surface area contributed by atoms with Gasteiger partial charge in [0.25, 0.3) is 9.84 Å². The van der Waals surface area contributed by atoms with Crippen LogP contribution < -0.4 is 5.32 Å². The summed E-state index contributed by atoms with van der Waals surface area (Å²) in [5, 5.41) is 2.97. The largest absolute Gasteiger partial charge is 0.501 e. The summed E-state index contributed by atoms with van der Waals surface area (Å²) in [4.78, 5) is 13.4. The predicted octanol–water partition coefficient (Wildman–Crippen LogP) is 3.50. The van der Waals surface area contributed by atoms with Crippen molar-refractivity contribution in [2.75, 3.05) is 11.9 Å². The highest BCUT2D eigenvalue weighted by atomic mass is 32.2. The van der Waals surface area contributed by atoms with Crippen molar-refractivity contribution in [3.8, 4) is 0 Å². The Labute approximate surface area is 161 Å². The topological polar surface area (TPSA) is 66.5 Å². The lowest BCUT2D eigenvalue weighted by Gasteiger charge is -2.18. The second kappa shape index (κ2) is 7.46. The van der Waals surface area contributed by atoms with E-state index in [9.17, 15) is 26.4 Å². The molecule has 1 heterocycles. The Balaban J connectivity index is 1.64. The lowest BCUT2D eigenvalue weighted by atomic mass is 10.1. The minimum atomic E-state index is -5.38. The average Bonchev–Trinajstić information content (AvgIpc) is 2.96. The van der Waals surface area contributed by atoms with Crippen molar-refractivity contribution < 1.29 is 26.4 Å². The molecule has 9 heteroatoms. The lowest BCUT2D eigenvalue weighted by Crippen LogP contribution is -2.33. The number of aryl methyl sites for hydroxylation is 1. The van der Waals surface area contributed by atoms with Gasteiger partial charge in [0.2, 0.25) is 5.91 Å². The van der Waals surface area contributed by atoms with Gasteiger partial charge in [0.15, 0.2) is 0 Å². The molecule has 1 aliphatic heterocycles. The molecular weight excluding hydrogens is 393 g/mol. The Morgan fingerprint density at radius 3 is 2.25 bits per heavy atom. The smallest absolute Gasteiger partial charge is 0.374 e. The number of anilines is 1. The molecule has 0 bridgehead atoms. The molecule has 1 unspecified atom stereocenters. The molecule has 1 saturated heterocycles. The highest BCUT2D eigenvalue weighted by Crippen LogP contribution is 2.31. The fraction of sp³-hybridized carbons (Fsp3) is 0.316. The number of sulfone groups is 1. The monoisotopic (exact) mass is 412 g/mol. The molecule has 1 aliphatic rings. The zero-order valence-electron chi connectivity index (χ0n) is 15.0. The van der Waals surface area contributed by atoms with Crippen LogP contribution in [0.5, 0.6) is 0 Å². The van der Waals surface area contributed by atoms with Crippen molar-refractivity contribution in [2.45, 2.75) is 36.3 Å². The Hall–Kier alpha value is -2.55. The minimum absolute atomic E-state index is 0.104. The van der Waals surface area contributed by atoms with Crippen LogP contribution in [-0.2, 0) is 21.2 Å². The molecule has 1 amide bonds. The predicted molar refractivity (Wildman–Crippen MR) is 98.3 cm³/mol. The van der Waals surface area contributed by atoms with Crippen molar-refractivity contribution in [1.29, 1.82) is 0 Å². The standard InChI is InChI=1S/C19H19F3N2O3S/c1-13-2-4-14(5-3-13)12-24-11-10-17(18(24)25)23-15-6-8-16(9-7-15)28(26,27)19(20,21)22/h2-9,17,23H,10-12H2,1H3. The highest BCUT2D eigenvalue weighted by Gasteiger charge is 2.46. The number of rotatable bonds is 5. The fourth-order valence-corrected chi connectivity index (χ4v) is 3.77. The van der Waals surface area contributed by atoms with E-state index in [1.54, 1.807) is 4.90 Å². The number of likely N-dealkylation sites (tertiary alicyclic amines) is 1. The Morgan fingerprint density at radius 1 is 1.07 bits per heavy atom. The maximum atomic E-state index is 12.6. The van der Waals surface area contributed by atoms with Crippen molar-refractivity contribution in [3.63, 3.8) is 0 Å². The van der Waals surface area contributed by atoms with Crippen LogP contribution in [0.1, 0.15) is 17.5 Å². The minimum Gasteiger partial charge on any atom is -0.374 e. The van der Waals surface area contributed by atoms with Crippen molar-refractivity contribution in [3.05, 3.63) is 59.7 Å². The van der Waals surface area contributed by atoms with Gasteiger partial charge in [-0.15, -0.1) is 0 Å². The van der Waals surface area contributed by atoms with Crippen LogP contribution in [0.15, 0.2) is 53.4 Å². The number of nitrogens with one attached hydrogen (secondary N) is 1. The van der Waals surface area contributed by atoms with E-state index in [4.69, 9.17) is 0 Å². The molecule has 28 heavy (non-hydrogen) atoms. The van der Waals surface area contributed by atoms with Gasteiger partial charge in [-0.2, -0.15) is 13.2 Å². The van der Waals surface area contributed by atoms with Gasteiger partial charge in [0.05, 0.1) is 4.90 Å². The van der Waals surface area contributed by atoms with Gasteiger partial charge in [-0.05, 0) is 43.2 Å². The first-order valence-corrected chi connectivity index (χ1v) is 10.1. The molecule has 2 aromatic carbocycles. The Morgan fingerprint density at radius 2 is 1.68 bits per heavy atom. The van der Waals surface area contributed by atoms with E-state index in [1.165, 1.54) is 12.1 Å². The molecule has 5 nitrogen and oxygen atoms in total. The van der Waals surface area contributed by atoms with E-state index in [2.05, 4.69) is 5.32 Å². The first-order valence-electron chi connectivity index (χ1n) is 8.60. The summed E-state index contributed by atoms with van der Waals surface area (Å²) in [5.74, 6) is -0.104. The maximum Gasteiger partial charge on any atom is 0.501 e. The van der Waals surface area contributed by atoms with Crippen molar-refractivity contribution >= 4 is 21.4 Å². The van der Waals surface area contributed by atoms with Gasteiger partial charge in [-0.25, -0.2) is 8.42 Å². The fourth-order valence-electron chi connectivity index (χ4n) is 3.01. The molecule has 0 spiro atoms. The lowest BCUT2D eigenvalue weighted by molar-refractivity contribution is -0.128. The highest BCUT2D eigenvalue weighted by molar-refractivity contribution is 7.92. The van der Waals surface area contributed by atoms with Crippen molar-refractivity contribution in [1.82, 2.24) is 4.90 Å². The first-order chi connectivity index (χ1) is 13.1. The quantitative estimate of drug-likeness (QED) is 0.816. The summed E-state index contributed by atoms with van der Waals surface area (Å²) in [6.07, 6.45) is 0.549. The summed E-state index contributed by atoms with van der Waals surface area (Å²) in [6, 6.07) is 11.6. The number of nitrogens with zero attached hydrogens (tertiary/aromatic N) is 1. The van der Waals surface area contributed by atoms with Crippen LogP contribution in [-0.4, -0.2) is 37.3 Å². The van der Waals surface area contributed by atoms with Gasteiger partial charge in [0, 0.05) is 18.8 Å². The van der Waals surface area contributed by atoms with E-state index in [1.807, 2.05) is 31.2 Å². The number of alkyl halides is 3. The number of carbonyl (C=O) groups excluding carboxylic acids is 1. The molecule has 0 aromatic heterocycles. The Bertz CT molecular complexity index is 955. The average molecular weight is 412 g/mol. The van der Waals surface area contributed by atoms with E-state index < -0.39 is 26.3 Å². The zero-order chi connectivity index (χ0) is 20.5. The van der Waals surface area contributed by atoms with Crippen LogP contribution in [0, 0.1) is 6.92 Å². The number of benzene rings is 2. The second-order valence-corrected chi connectivity index (χ2v) is 8.65. The van der Waals surface area contributed by atoms with Gasteiger partial charge in [0.1, 0.15) is 6.04 Å². The molecular formula is C19H19F3N2O3S. The molecule has 0 radical (unpaired) electrons. The molecule has 150 valence electrons. The number of amides is 1. The van der Waals surface area contributed by atoms with Crippen LogP contribution >= 0.6 is 0 Å². The van der Waals surface area contributed by atoms with E-state index in [0.29, 0.717) is 25.2 Å². The van der Waals surface area contributed by atoms with Gasteiger partial charge in [-0.1, -0.05) is 29.8 Å². The third-order valence-corrected chi connectivity index (χ3v) is 6.10. The molecule has 2 aromatic rings. The summed E-state index contributed by atoms with van der Waals surface area (Å²) >= 11 is 0. The van der Waals surface area contributed by atoms with E-state index in [0.717, 1.165) is 23.3 Å². The van der Waals surface area contributed by atoms with Crippen molar-refractivity contribution in [2.24, 2.45) is 0 Å². The number of halogens is 3. The van der Waals surface area contributed by atoms with Gasteiger partial charge >= 0.3 is 5.51 Å². The van der Waals surface area contributed by atoms with E-state index in [-0.39, 0.29) is 5.91 Å². The van der Waals surface area contributed by atoms with Crippen LogP contribution in [0.25, 0.3) is 0 Å². The number of hydrogen-bond acceptors (Lipinski definition) is 4. The normalized spacial score (nSPS) is 17.8. The molecule has 0 aliphatic carbocycles. The molecule has 1 fully saturated rings. The summed E-state index contributed by atoms with van der Waals surface area (Å²) in [5.41, 5.74) is -2.81. The number of hydrogen-bond donors (Lipinski definition) is 1. The van der Waals surface area contributed by atoms with Gasteiger partial charge in [-0.3, -0.25) is 4.79 Å². The third-order valence-electron chi connectivity index (χ3n) is 4.60. The summed E-state index contributed by atoms with van der Waals surface area (Å²) in [7, 11) is -5.38. The molecule has 1 atom stereocenters. The number of carbonyl (C=O) groups is 1. The molecule has 3 rings (SSSR count). The first kappa shape index (κ1) is 20.2. The summed E-state index contributed by atoms with van der Waals surface area (Å²) < 4.78 is 60.6.